The normalized spacial score (nSPS) is 22.9. The second-order valence-electron chi connectivity index (χ2n) is 5.07. The van der Waals surface area contributed by atoms with E-state index in [4.69, 9.17) is 10.5 Å². The Morgan fingerprint density at radius 1 is 1.50 bits per heavy atom. The van der Waals surface area contributed by atoms with Gasteiger partial charge in [0.05, 0.1) is 18.7 Å². The Morgan fingerprint density at radius 2 is 2.25 bits per heavy atom. The van der Waals surface area contributed by atoms with E-state index >= 15 is 0 Å². The SMILES string of the molecule is CO[C@H]1CCCN(C(=O)CN)[C@H]1Cc1ccccc1F. The van der Waals surface area contributed by atoms with Gasteiger partial charge in [0.2, 0.25) is 5.91 Å². The summed E-state index contributed by atoms with van der Waals surface area (Å²) in [5.41, 5.74) is 6.08. The van der Waals surface area contributed by atoms with Gasteiger partial charge in [-0.2, -0.15) is 0 Å². The molecule has 0 radical (unpaired) electrons. The summed E-state index contributed by atoms with van der Waals surface area (Å²) in [7, 11) is 1.63. The fourth-order valence-corrected chi connectivity index (χ4v) is 2.85. The first-order valence-corrected chi connectivity index (χ1v) is 6.93. The number of methoxy groups -OCH3 is 1. The van der Waals surface area contributed by atoms with Gasteiger partial charge in [-0.05, 0) is 30.9 Å². The molecule has 20 heavy (non-hydrogen) atoms. The molecule has 5 heteroatoms. The van der Waals surface area contributed by atoms with Crippen molar-refractivity contribution in [3.8, 4) is 0 Å². The summed E-state index contributed by atoms with van der Waals surface area (Å²) >= 11 is 0. The van der Waals surface area contributed by atoms with E-state index < -0.39 is 0 Å². The summed E-state index contributed by atoms with van der Waals surface area (Å²) in [5, 5.41) is 0. The number of nitrogens with two attached hydrogens (primary N) is 1. The molecule has 0 bridgehead atoms. The van der Waals surface area contributed by atoms with E-state index in [1.165, 1.54) is 6.07 Å². The third-order valence-corrected chi connectivity index (χ3v) is 3.90. The molecule has 0 unspecified atom stereocenters. The lowest BCUT2D eigenvalue weighted by Crippen LogP contribution is -2.54. The summed E-state index contributed by atoms with van der Waals surface area (Å²) in [6.45, 7) is 0.638. The number of nitrogens with zero attached hydrogens (tertiary/aromatic N) is 1. The van der Waals surface area contributed by atoms with Gasteiger partial charge in [-0.1, -0.05) is 18.2 Å². The van der Waals surface area contributed by atoms with Crippen molar-refractivity contribution in [1.82, 2.24) is 4.90 Å². The van der Waals surface area contributed by atoms with Crippen LogP contribution in [0.1, 0.15) is 18.4 Å². The summed E-state index contributed by atoms with van der Waals surface area (Å²) < 4.78 is 19.3. The van der Waals surface area contributed by atoms with Crippen LogP contribution in [-0.2, 0) is 16.0 Å². The van der Waals surface area contributed by atoms with Crippen LogP contribution < -0.4 is 5.73 Å². The zero-order chi connectivity index (χ0) is 14.5. The number of benzene rings is 1. The number of amides is 1. The van der Waals surface area contributed by atoms with Crippen molar-refractivity contribution in [3.05, 3.63) is 35.6 Å². The van der Waals surface area contributed by atoms with Crippen molar-refractivity contribution in [3.63, 3.8) is 0 Å². The van der Waals surface area contributed by atoms with E-state index in [1.807, 2.05) is 0 Å². The van der Waals surface area contributed by atoms with Crippen molar-refractivity contribution in [2.24, 2.45) is 5.73 Å². The third-order valence-electron chi connectivity index (χ3n) is 3.90. The van der Waals surface area contributed by atoms with Gasteiger partial charge >= 0.3 is 0 Å². The van der Waals surface area contributed by atoms with Crippen LogP contribution in [0.4, 0.5) is 4.39 Å². The van der Waals surface area contributed by atoms with Gasteiger partial charge in [0, 0.05) is 13.7 Å². The molecule has 1 aliphatic heterocycles. The zero-order valence-electron chi connectivity index (χ0n) is 11.7. The molecule has 1 aromatic rings. The van der Waals surface area contributed by atoms with Gasteiger partial charge in [-0.3, -0.25) is 4.79 Å². The molecule has 110 valence electrons. The molecule has 1 saturated heterocycles. The molecular formula is C15H21FN2O2. The first-order chi connectivity index (χ1) is 9.67. The molecule has 2 rings (SSSR count). The second kappa shape index (κ2) is 6.81. The van der Waals surface area contributed by atoms with Crippen molar-refractivity contribution < 1.29 is 13.9 Å². The van der Waals surface area contributed by atoms with Gasteiger partial charge in [0.15, 0.2) is 0 Å². The van der Waals surface area contributed by atoms with Gasteiger partial charge < -0.3 is 15.4 Å². The molecule has 1 amide bonds. The Morgan fingerprint density at radius 3 is 2.90 bits per heavy atom. The number of ether oxygens (including phenoxy) is 1. The highest BCUT2D eigenvalue weighted by atomic mass is 19.1. The lowest BCUT2D eigenvalue weighted by Gasteiger charge is -2.40. The van der Waals surface area contributed by atoms with E-state index in [0.29, 0.717) is 18.5 Å². The fourth-order valence-electron chi connectivity index (χ4n) is 2.85. The highest BCUT2D eigenvalue weighted by molar-refractivity contribution is 5.78. The number of hydrogen-bond donors (Lipinski definition) is 1. The minimum absolute atomic E-state index is 0.0236. The molecule has 1 aliphatic rings. The quantitative estimate of drug-likeness (QED) is 0.905. The van der Waals surface area contributed by atoms with E-state index in [9.17, 15) is 9.18 Å². The molecular weight excluding hydrogens is 259 g/mol. The molecule has 4 nitrogen and oxygen atoms in total. The maximum atomic E-state index is 13.8. The van der Waals surface area contributed by atoms with Crippen LogP contribution in [-0.4, -0.2) is 43.2 Å². The molecule has 0 aromatic heterocycles. The molecule has 2 N–H and O–H groups in total. The minimum Gasteiger partial charge on any atom is -0.379 e. The Balaban J connectivity index is 2.22. The van der Waals surface area contributed by atoms with Crippen LogP contribution >= 0.6 is 0 Å². The number of rotatable bonds is 4. The molecule has 2 atom stereocenters. The largest absolute Gasteiger partial charge is 0.379 e. The Hall–Kier alpha value is -1.46. The average molecular weight is 280 g/mol. The standard InChI is InChI=1S/C15H21FN2O2/c1-20-14-7-4-8-18(15(19)10-17)13(14)9-11-5-2-3-6-12(11)16/h2-3,5-6,13-14H,4,7-10,17H2,1H3/t13-,14-/m0/s1. The van der Waals surface area contributed by atoms with Gasteiger partial charge in [0.25, 0.3) is 0 Å². The fraction of sp³-hybridized carbons (Fsp3) is 0.533. The van der Waals surface area contributed by atoms with Gasteiger partial charge in [0.1, 0.15) is 5.82 Å². The lowest BCUT2D eigenvalue weighted by molar-refractivity contribution is -0.138. The van der Waals surface area contributed by atoms with Crippen LogP contribution in [0.25, 0.3) is 0 Å². The number of hydrogen-bond acceptors (Lipinski definition) is 3. The zero-order valence-corrected chi connectivity index (χ0v) is 11.7. The molecule has 1 fully saturated rings. The highest BCUT2D eigenvalue weighted by Crippen LogP contribution is 2.24. The Kier molecular flexibility index (Phi) is 5.09. The first-order valence-electron chi connectivity index (χ1n) is 6.93. The molecule has 0 saturated carbocycles. The molecule has 0 spiro atoms. The first kappa shape index (κ1) is 14.9. The van der Waals surface area contributed by atoms with Crippen LogP contribution in [0.15, 0.2) is 24.3 Å². The summed E-state index contributed by atoms with van der Waals surface area (Å²) in [6, 6.07) is 6.51. The summed E-state index contributed by atoms with van der Waals surface area (Å²) in [4.78, 5) is 13.7. The van der Waals surface area contributed by atoms with Crippen molar-refractivity contribution in [2.45, 2.75) is 31.4 Å². The number of carbonyl (C=O) groups is 1. The number of carbonyl (C=O) groups excluding carboxylic acids is 1. The summed E-state index contributed by atoms with van der Waals surface area (Å²) in [6.07, 6.45) is 2.15. The van der Waals surface area contributed by atoms with Crippen LogP contribution in [0, 0.1) is 5.82 Å². The highest BCUT2D eigenvalue weighted by Gasteiger charge is 2.34. The van der Waals surface area contributed by atoms with Crippen molar-refractivity contribution in [1.29, 1.82) is 0 Å². The maximum absolute atomic E-state index is 13.8. The van der Waals surface area contributed by atoms with E-state index in [-0.39, 0.29) is 30.4 Å². The third kappa shape index (κ3) is 3.16. The number of halogens is 1. The Bertz CT molecular complexity index is 467. The second-order valence-corrected chi connectivity index (χ2v) is 5.07. The van der Waals surface area contributed by atoms with Crippen molar-refractivity contribution >= 4 is 5.91 Å². The minimum atomic E-state index is -0.243. The molecule has 1 aromatic carbocycles. The van der Waals surface area contributed by atoms with Gasteiger partial charge in [-0.15, -0.1) is 0 Å². The predicted octanol–water partition coefficient (Wildman–Crippen LogP) is 1.33. The average Bonchev–Trinajstić information content (AvgIpc) is 2.49. The number of piperidine rings is 1. The summed E-state index contributed by atoms with van der Waals surface area (Å²) in [5.74, 6) is -0.346. The molecule has 1 heterocycles. The molecule has 0 aliphatic carbocycles. The van der Waals surface area contributed by atoms with Gasteiger partial charge in [-0.25, -0.2) is 4.39 Å². The predicted molar refractivity (Wildman–Crippen MR) is 74.7 cm³/mol. The van der Waals surface area contributed by atoms with E-state index in [2.05, 4.69) is 0 Å². The smallest absolute Gasteiger partial charge is 0.236 e. The topological polar surface area (TPSA) is 55.6 Å². The van der Waals surface area contributed by atoms with E-state index in [1.54, 1.807) is 30.2 Å². The maximum Gasteiger partial charge on any atom is 0.236 e. The van der Waals surface area contributed by atoms with Crippen LogP contribution in [0.5, 0.6) is 0 Å². The van der Waals surface area contributed by atoms with E-state index in [0.717, 1.165) is 12.8 Å². The Labute approximate surface area is 118 Å². The van der Waals surface area contributed by atoms with Crippen molar-refractivity contribution in [2.75, 3.05) is 20.2 Å². The monoisotopic (exact) mass is 280 g/mol. The van der Waals surface area contributed by atoms with Crippen LogP contribution in [0.3, 0.4) is 0 Å². The van der Waals surface area contributed by atoms with Crippen LogP contribution in [0.2, 0.25) is 0 Å². The lowest BCUT2D eigenvalue weighted by atomic mass is 9.92. The number of likely N-dealkylation sites (tertiary alicyclic amines) is 1.